The van der Waals surface area contributed by atoms with Gasteiger partial charge < -0.3 is 19.7 Å². The van der Waals surface area contributed by atoms with Gasteiger partial charge in [-0.05, 0) is 25.7 Å². The molecule has 2 amide bonds. The molecule has 28 heavy (non-hydrogen) atoms. The third kappa shape index (κ3) is 4.52. The van der Waals surface area contributed by atoms with Gasteiger partial charge in [-0.3, -0.25) is 9.59 Å². The van der Waals surface area contributed by atoms with Crippen LogP contribution in [0.2, 0.25) is 0 Å². The summed E-state index contributed by atoms with van der Waals surface area (Å²) in [7, 11) is 0. The predicted octanol–water partition coefficient (Wildman–Crippen LogP) is 1.02. The first-order valence-corrected chi connectivity index (χ1v) is 10.3. The Bertz CT molecular complexity index is 656. The first-order chi connectivity index (χ1) is 13.6. The number of nitrogens with one attached hydrogen (secondary N) is 1. The highest BCUT2D eigenvalue weighted by molar-refractivity contribution is 5.84. The van der Waals surface area contributed by atoms with Crippen molar-refractivity contribution in [2.45, 2.75) is 69.2 Å². The summed E-state index contributed by atoms with van der Waals surface area (Å²) in [6.45, 7) is 2.53. The number of carbonyl (C=O) groups excluding carboxylic acids is 2. The Labute approximate surface area is 164 Å². The highest BCUT2D eigenvalue weighted by Gasteiger charge is 2.40. The van der Waals surface area contributed by atoms with Crippen molar-refractivity contribution in [3.63, 3.8) is 0 Å². The lowest BCUT2D eigenvalue weighted by molar-refractivity contribution is -0.187. The summed E-state index contributed by atoms with van der Waals surface area (Å²) >= 11 is 0. The maximum absolute atomic E-state index is 12.4. The third-order valence-electron chi connectivity index (χ3n) is 6.13. The summed E-state index contributed by atoms with van der Waals surface area (Å²) in [6.07, 6.45) is 9.05. The Balaban J connectivity index is 1.13. The summed E-state index contributed by atoms with van der Waals surface area (Å²) in [5.74, 6) is -0.467. The second-order valence-electron chi connectivity index (χ2n) is 7.94. The minimum absolute atomic E-state index is 0.0338. The Hall–Kier alpha value is -2.00. The van der Waals surface area contributed by atoms with Gasteiger partial charge in [0.15, 0.2) is 5.79 Å². The highest BCUT2D eigenvalue weighted by atomic mass is 16.7. The van der Waals surface area contributed by atoms with Gasteiger partial charge in [-0.1, -0.05) is 0 Å². The first kappa shape index (κ1) is 19.3. The molecule has 1 spiro atoms. The van der Waals surface area contributed by atoms with Crippen molar-refractivity contribution < 1.29 is 19.1 Å². The molecule has 0 atom stereocenters. The van der Waals surface area contributed by atoms with Gasteiger partial charge in [0, 0.05) is 44.8 Å². The minimum Gasteiger partial charge on any atom is -0.353 e. The smallest absolute Gasteiger partial charge is 0.223 e. The average Bonchev–Trinajstić information content (AvgIpc) is 3.40. The van der Waals surface area contributed by atoms with Gasteiger partial charge >= 0.3 is 0 Å². The van der Waals surface area contributed by atoms with Crippen LogP contribution in [0.5, 0.6) is 0 Å². The maximum atomic E-state index is 12.4. The van der Waals surface area contributed by atoms with E-state index in [4.69, 9.17) is 9.47 Å². The van der Waals surface area contributed by atoms with Gasteiger partial charge in [0.1, 0.15) is 12.7 Å². The molecule has 1 aromatic rings. The van der Waals surface area contributed by atoms with Crippen molar-refractivity contribution in [1.82, 2.24) is 25.0 Å². The zero-order valence-corrected chi connectivity index (χ0v) is 16.2. The lowest BCUT2D eigenvalue weighted by Gasteiger charge is -2.37. The van der Waals surface area contributed by atoms with E-state index in [2.05, 4.69) is 15.4 Å². The van der Waals surface area contributed by atoms with E-state index >= 15 is 0 Å². The van der Waals surface area contributed by atoms with Crippen molar-refractivity contribution in [3.05, 3.63) is 12.7 Å². The fraction of sp³-hybridized carbons (Fsp3) is 0.789. The number of hydrogen-bond acceptors (Lipinski definition) is 6. The molecule has 9 heteroatoms. The molecule has 3 aliphatic rings. The molecule has 9 nitrogen and oxygen atoms in total. The van der Waals surface area contributed by atoms with E-state index in [1.165, 1.54) is 0 Å². The Morgan fingerprint density at radius 2 is 1.79 bits per heavy atom. The van der Waals surface area contributed by atoms with Gasteiger partial charge in [0.05, 0.1) is 19.3 Å². The Kier molecular flexibility index (Phi) is 5.91. The van der Waals surface area contributed by atoms with Crippen LogP contribution in [-0.4, -0.2) is 69.6 Å². The fourth-order valence-corrected chi connectivity index (χ4v) is 4.45. The molecule has 2 saturated heterocycles. The molecule has 154 valence electrons. The second kappa shape index (κ2) is 8.57. The van der Waals surface area contributed by atoms with Crippen molar-refractivity contribution in [2.24, 2.45) is 0 Å². The normalized spacial score (nSPS) is 27.1. The summed E-state index contributed by atoms with van der Waals surface area (Å²) < 4.78 is 13.3. The summed E-state index contributed by atoms with van der Waals surface area (Å²) in [5.41, 5.74) is 0. The number of amides is 2. The number of aromatic nitrogens is 3. The molecule has 0 radical (unpaired) electrons. The van der Waals surface area contributed by atoms with Crippen LogP contribution < -0.4 is 5.32 Å². The van der Waals surface area contributed by atoms with E-state index in [1.54, 1.807) is 12.7 Å². The maximum Gasteiger partial charge on any atom is 0.223 e. The van der Waals surface area contributed by atoms with Crippen LogP contribution in [0.25, 0.3) is 0 Å². The number of carbonyl (C=O) groups is 2. The average molecular weight is 391 g/mol. The van der Waals surface area contributed by atoms with Gasteiger partial charge in [-0.15, -0.1) is 0 Å². The molecule has 2 aliphatic heterocycles. The summed E-state index contributed by atoms with van der Waals surface area (Å²) in [5, 5.41) is 7.29. The van der Waals surface area contributed by atoms with Crippen LogP contribution in [0.3, 0.4) is 0 Å². The number of ether oxygens (including phenoxy) is 2. The molecule has 3 heterocycles. The van der Waals surface area contributed by atoms with Gasteiger partial charge in [-0.2, -0.15) is 5.10 Å². The number of likely N-dealkylation sites (tertiary alicyclic amines) is 1. The van der Waals surface area contributed by atoms with Crippen LogP contribution >= 0.6 is 0 Å². The van der Waals surface area contributed by atoms with Crippen LogP contribution in [0.1, 0.15) is 57.4 Å². The van der Waals surface area contributed by atoms with Gasteiger partial charge in [0.2, 0.25) is 11.8 Å². The second-order valence-corrected chi connectivity index (χ2v) is 7.94. The molecule has 0 aromatic carbocycles. The summed E-state index contributed by atoms with van der Waals surface area (Å²) in [6, 6.07) is 0.557. The van der Waals surface area contributed by atoms with Crippen molar-refractivity contribution in [3.8, 4) is 0 Å². The monoisotopic (exact) mass is 391 g/mol. The van der Waals surface area contributed by atoms with Crippen LogP contribution in [0.4, 0.5) is 0 Å². The van der Waals surface area contributed by atoms with Crippen LogP contribution in [-0.2, 0) is 19.1 Å². The van der Waals surface area contributed by atoms with E-state index in [0.717, 1.165) is 25.7 Å². The van der Waals surface area contributed by atoms with Crippen molar-refractivity contribution in [1.29, 1.82) is 0 Å². The highest BCUT2D eigenvalue weighted by Crippen LogP contribution is 2.31. The summed E-state index contributed by atoms with van der Waals surface area (Å²) in [4.78, 5) is 30.5. The number of nitrogens with zero attached hydrogens (tertiary/aromatic N) is 4. The molecular weight excluding hydrogens is 362 g/mol. The Morgan fingerprint density at radius 3 is 2.43 bits per heavy atom. The fourth-order valence-electron chi connectivity index (χ4n) is 4.45. The number of hydrogen-bond donors (Lipinski definition) is 1. The standard InChI is InChI=1S/C19H29N5O4/c25-17(22-15-1-3-16(4-2-15)24-14-20-13-21-24)5-6-18(26)23-9-7-19(8-10-23)27-11-12-28-19/h13-16H,1-12H2,(H,22,25). The van der Waals surface area contributed by atoms with Crippen molar-refractivity contribution in [2.75, 3.05) is 26.3 Å². The third-order valence-corrected chi connectivity index (χ3v) is 6.13. The quantitative estimate of drug-likeness (QED) is 0.805. The predicted molar refractivity (Wildman–Crippen MR) is 99.1 cm³/mol. The van der Waals surface area contributed by atoms with E-state index in [1.807, 2.05) is 9.58 Å². The van der Waals surface area contributed by atoms with Gasteiger partial charge in [0.25, 0.3) is 0 Å². The molecule has 3 fully saturated rings. The zero-order valence-electron chi connectivity index (χ0n) is 16.2. The zero-order chi connectivity index (χ0) is 19.4. The van der Waals surface area contributed by atoms with E-state index < -0.39 is 5.79 Å². The largest absolute Gasteiger partial charge is 0.353 e. The molecule has 1 aromatic heterocycles. The molecule has 0 bridgehead atoms. The topological polar surface area (TPSA) is 98.6 Å². The van der Waals surface area contributed by atoms with E-state index in [0.29, 0.717) is 45.2 Å². The molecule has 1 N–H and O–H groups in total. The Morgan fingerprint density at radius 1 is 1.07 bits per heavy atom. The molecule has 1 aliphatic carbocycles. The van der Waals surface area contributed by atoms with Crippen LogP contribution in [0, 0.1) is 0 Å². The van der Waals surface area contributed by atoms with Crippen LogP contribution in [0.15, 0.2) is 12.7 Å². The molecular formula is C19H29N5O4. The lowest BCUT2D eigenvalue weighted by Crippen LogP contribution is -2.47. The first-order valence-electron chi connectivity index (χ1n) is 10.3. The SMILES string of the molecule is O=C(CCC(=O)N1CCC2(CC1)OCCO2)NC1CCC(n2cncn2)CC1. The molecule has 4 rings (SSSR count). The van der Waals surface area contributed by atoms with E-state index in [9.17, 15) is 9.59 Å². The van der Waals surface area contributed by atoms with E-state index in [-0.39, 0.29) is 30.7 Å². The lowest BCUT2D eigenvalue weighted by atomic mass is 9.91. The molecule has 0 unspecified atom stereocenters. The van der Waals surface area contributed by atoms with Gasteiger partial charge in [-0.25, -0.2) is 9.67 Å². The number of piperidine rings is 1. The van der Waals surface area contributed by atoms with Crippen molar-refractivity contribution >= 4 is 11.8 Å². The number of rotatable bonds is 5. The minimum atomic E-state index is -0.473. The molecule has 1 saturated carbocycles.